The van der Waals surface area contributed by atoms with Crippen LogP contribution in [0.25, 0.3) is 0 Å². The largest absolute Gasteiger partial charge is 0.398 e. The summed E-state index contributed by atoms with van der Waals surface area (Å²) in [6, 6.07) is 0.826. The Bertz CT molecular complexity index is 343. The molecule has 0 saturated heterocycles. The Morgan fingerprint density at radius 1 is 1.15 bits per heavy atom. The van der Waals surface area contributed by atoms with Crippen molar-refractivity contribution < 1.29 is 18.4 Å². The Morgan fingerprint density at radius 2 is 1.75 bits per heavy atom. The van der Waals surface area contributed by atoms with Crippen LogP contribution >= 0.6 is 0 Å². The van der Waals surface area contributed by atoms with Crippen LogP contribution in [0.1, 0.15) is 19.8 Å². The second-order valence-corrected chi connectivity index (χ2v) is 8.37. The summed E-state index contributed by atoms with van der Waals surface area (Å²) in [5.74, 6) is -0.301. The normalized spacial score (nSPS) is 11.0. The summed E-state index contributed by atoms with van der Waals surface area (Å²) >= 11 is 0. The number of nitrogens with one attached hydrogen (secondary N) is 2. The summed E-state index contributed by atoms with van der Waals surface area (Å²) in [6.45, 7) is 8.04. The van der Waals surface area contributed by atoms with Crippen LogP contribution in [0, 0.1) is 0 Å². The fourth-order valence-electron chi connectivity index (χ4n) is 1.45. The molecule has 0 spiro atoms. The van der Waals surface area contributed by atoms with E-state index in [9.17, 15) is 9.59 Å². The first-order valence-corrected chi connectivity index (χ1v) is 9.17. The van der Waals surface area contributed by atoms with Crippen LogP contribution in [0.5, 0.6) is 0 Å². The average Bonchev–Trinajstić information content (AvgIpc) is 2.43. The summed E-state index contributed by atoms with van der Waals surface area (Å²) in [4.78, 5) is 22.7. The molecule has 0 fully saturated rings. The highest BCUT2D eigenvalue weighted by atomic mass is 28.4. The summed E-state index contributed by atoms with van der Waals surface area (Å²) in [5, 5.41) is 5.42. The van der Waals surface area contributed by atoms with Crippen LogP contribution in [0.2, 0.25) is 12.6 Å². The molecule has 0 saturated carbocycles. The molecule has 0 aliphatic carbocycles. The lowest BCUT2D eigenvalue weighted by atomic mass is 10.3. The van der Waals surface area contributed by atoms with E-state index < -0.39 is 8.56 Å². The zero-order valence-corrected chi connectivity index (χ0v) is 13.9. The molecule has 0 radical (unpaired) electrons. The maximum Gasteiger partial charge on any atom is 0.334 e. The molecule has 7 heteroatoms. The van der Waals surface area contributed by atoms with Crippen LogP contribution in [0.4, 0.5) is 0 Å². The van der Waals surface area contributed by atoms with E-state index in [1.165, 1.54) is 0 Å². The number of rotatable bonds is 10. The number of amides is 2. The molecule has 2 N–H and O–H groups in total. The van der Waals surface area contributed by atoms with Gasteiger partial charge in [0.1, 0.15) is 0 Å². The van der Waals surface area contributed by atoms with Crippen molar-refractivity contribution in [2.45, 2.75) is 32.4 Å². The Morgan fingerprint density at radius 3 is 2.25 bits per heavy atom. The predicted molar refractivity (Wildman–Crippen MR) is 80.5 cm³/mol. The van der Waals surface area contributed by atoms with Crippen molar-refractivity contribution in [3.63, 3.8) is 0 Å². The van der Waals surface area contributed by atoms with Crippen molar-refractivity contribution in [1.29, 1.82) is 0 Å². The van der Waals surface area contributed by atoms with Crippen LogP contribution in [0.3, 0.4) is 0 Å². The monoisotopic (exact) mass is 302 g/mol. The van der Waals surface area contributed by atoms with Gasteiger partial charge in [-0.3, -0.25) is 9.59 Å². The van der Waals surface area contributed by atoms with E-state index in [-0.39, 0.29) is 18.2 Å². The molecule has 6 nitrogen and oxygen atoms in total. The second kappa shape index (κ2) is 9.68. The van der Waals surface area contributed by atoms with Gasteiger partial charge in [0, 0.05) is 39.3 Å². The summed E-state index contributed by atoms with van der Waals surface area (Å²) in [7, 11) is 1.26. The van der Waals surface area contributed by atoms with Gasteiger partial charge in [-0.1, -0.05) is 6.58 Å². The first-order valence-electron chi connectivity index (χ1n) is 6.65. The number of carbonyl (C=O) groups is 2. The van der Waals surface area contributed by atoms with Gasteiger partial charge in [-0.05, 0) is 25.9 Å². The van der Waals surface area contributed by atoms with E-state index in [0.29, 0.717) is 18.7 Å². The average molecular weight is 302 g/mol. The molecule has 0 heterocycles. The highest BCUT2D eigenvalue weighted by molar-refractivity contribution is 6.65. The van der Waals surface area contributed by atoms with Gasteiger partial charge < -0.3 is 19.5 Å². The molecule has 0 aliphatic heterocycles. The lowest BCUT2D eigenvalue weighted by Crippen LogP contribution is -2.37. The highest BCUT2D eigenvalue weighted by Gasteiger charge is 2.27. The van der Waals surface area contributed by atoms with E-state index in [2.05, 4.69) is 17.2 Å². The molecule has 2 amide bonds. The van der Waals surface area contributed by atoms with Gasteiger partial charge in [-0.25, -0.2) is 0 Å². The fraction of sp³-hybridized carbons (Fsp3) is 0.692. The second-order valence-electron chi connectivity index (χ2n) is 4.78. The Balaban J connectivity index is 3.69. The van der Waals surface area contributed by atoms with Crippen molar-refractivity contribution in [2.24, 2.45) is 0 Å². The summed E-state index contributed by atoms with van der Waals surface area (Å²) < 4.78 is 10.7. The predicted octanol–water partition coefficient (Wildman–Crippen LogP) is 0.940. The van der Waals surface area contributed by atoms with Crippen LogP contribution in [-0.2, 0) is 18.4 Å². The number of hydrogen-bond acceptors (Lipinski definition) is 4. The van der Waals surface area contributed by atoms with Crippen LogP contribution < -0.4 is 10.6 Å². The van der Waals surface area contributed by atoms with Crippen molar-refractivity contribution >= 4 is 20.4 Å². The van der Waals surface area contributed by atoms with Crippen molar-refractivity contribution in [2.75, 3.05) is 27.3 Å². The Hall–Kier alpha value is -1.18. The molecule has 0 aromatic heterocycles. The standard InChI is InChI=1S/C13H26N2O4Si/c1-11(2)13(17)15-9-7-12(16)14-8-6-10-20(5,18-3)19-4/h1,6-10H2,2-5H3,(H,14,16)(H,15,17). The molecule has 116 valence electrons. The van der Waals surface area contributed by atoms with E-state index in [0.717, 1.165) is 12.5 Å². The fourth-order valence-corrected chi connectivity index (χ4v) is 2.85. The minimum Gasteiger partial charge on any atom is -0.398 e. The summed E-state index contributed by atoms with van der Waals surface area (Å²) in [5.41, 5.74) is 0.439. The van der Waals surface area contributed by atoms with Gasteiger partial charge >= 0.3 is 8.56 Å². The first-order chi connectivity index (χ1) is 9.34. The SMILES string of the molecule is C=C(C)C(=O)NCCC(=O)NCCC[Si](C)(OC)OC. The number of hydrogen-bond donors (Lipinski definition) is 2. The van der Waals surface area contributed by atoms with Crippen LogP contribution in [-0.4, -0.2) is 47.7 Å². The maximum atomic E-state index is 11.5. The lowest BCUT2D eigenvalue weighted by Gasteiger charge is -2.22. The molecule has 20 heavy (non-hydrogen) atoms. The smallest absolute Gasteiger partial charge is 0.334 e. The zero-order valence-electron chi connectivity index (χ0n) is 12.9. The Kier molecular flexibility index (Phi) is 9.11. The molecule has 0 rings (SSSR count). The maximum absolute atomic E-state index is 11.5. The Labute approximate surface area is 122 Å². The van der Waals surface area contributed by atoms with E-state index in [4.69, 9.17) is 8.85 Å². The zero-order chi connectivity index (χ0) is 15.6. The molecule has 0 aromatic carbocycles. The van der Waals surface area contributed by atoms with Crippen molar-refractivity contribution in [1.82, 2.24) is 10.6 Å². The quantitative estimate of drug-likeness (QED) is 0.358. The van der Waals surface area contributed by atoms with Gasteiger partial charge in [-0.2, -0.15) is 0 Å². The molecule has 0 aliphatic rings. The van der Waals surface area contributed by atoms with Crippen molar-refractivity contribution in [3.8, 4) is 0 Å². The highest BCUT2D eigenvalue weighted by Crippen LogP contribution is 2.12. The third-order valence-electron chi connectivity index (χ3n) is 3.02. The number of carbonyl (C=O) groups excluding carboxylic acids is 2. The van der Waals surface area contributed by atoms with Gasteiger partial charge in [0.2, 0.25) is 11.8 Å². The van der Waals surface area contributed by atoms with Gasteiger partial charge in [0.05, 0.1) is 0 Å². The lowest BCUT2D eigenvalue weighted by molar-refractivity contribution is -0.121. The van der Waals surface area contributed by atoms with E-state index >= 15 is 0 Å². The molecular weight excluding hydrogens is 276 g/mol. The molecule has 0 unspecified atom stereocenters. The first kappa shape index (κ1) is 18.8. The molecule has 0 atom stereocenters. The summed E-state index contributed by atoms with van der Waals surface area (Å²) in [6.07, 6.45) is 1.08. The van der Waals surface area contributed by atoms with Gasteiger partial charge in [0.15, 0.2) is 0 Å². The van der Waals surface area contributed by atoms with Gasteiger partial charge in [0.25, 0.3) is 0 Å². The molecule has 0 bridgehead atoms. The topological polar surface area (TPSA) is 76.7 Å². The van der Waals surface area contributed by atoms with Crippen LogP contribution in [0.15, 0.2) is 12.2 Å². The molecule has 0 aromatic rings. The van der Waals surface area contributed by atoms with Crippen molar-refractivity contribution in [3.05, 3.63) is 12.2 Å². The molecular formula is C13H26N2O4Si. The van der Waals surface area contributed by atoms with E-state index in [1.54, 1.807) is 21.1 Å². The third-order valence-corrected chi connectivity index (χ3v) is 6.01. The minimum atomic E-state index is -2.04. The third kappa shape index (κ3) is 8.08. The van der Waals surface area contributed by atoms with E-state index in [1.807, 2.05) is 6.55 Å². The minimum absolute atomic E-state index is 0.0785. The van der Waals surface area contributed by atoms with Gasteiger partial charge in [-0.15, -0.1) is 0 Å².